The molecular formula is C38H39N3O10. The quantitative estimate of drug-likeness (QED) is 0.112. The number of nitrogens with zero attached hydrogens (tertiary/aromatic N) is 1. The lowest BCUT2D eigenvalue weighted by atomic mass is 10.1. The third kappa shape index (κ3) is 7.23. The molecule has 2 heterocycles. The molecule has 0 bridgehead atoms. The lowest BCUT2D eigenvalue weighted by Gasteiger charge is -2.28. The minimum atomic E-state index is -0.409. The number of rotatable bonds is 15. The van der Waals surface area contributed by atoms with E-state index in [1.54, 1.807) is 79.1 Å². The van der Waals surface area contributed by atoms with Crippen molar-refractivity contribution >= 4 is 11.6 Å². The highest BCUT2D eigenvalue weighted by Gasteiger charge is 2.25. The molecule has 1 unspecified atom stereocenters. The van der Waals surface area contributed by atoms with Crippen LogP contribution >= 0.6 is 0 Å². The molecule has 4 aromatic carbocycles. The van der Waals surface area contributed by atoms with Crippen LogP contribution in [0.4, 0.5) is 5.69 Å². The minimum absolute atomic E-state index is 0.142. The first-order valence-corrected chi connectivity index (χ1v) is 16.0. The van der Waals surface area contributed by atoms with Crippen LogP contribution in [0.5, 0.6) is 46.0 Å². The van der Waals surface area contributed by atoms with Gasteiger partial charge in [0, 0.05) is 29.3 Å². The van der Waals surface area contributed by atoms with Crippen molar-refractivity contribution in [3.63, 3.8) is 0 Å². The lowest BCUT2D eigenvalue weighted by Crippen LogP contribution is -2.38. The summed E-state index contributed by atoms with van der Waals surface area (Å²) in [5.41, 5.74) is 4.15. The van der Waals surface area contributed by atoms with Crippen LogP contribution in [0.2, 0.25) is 0 Å². The fraction of sp³-hybridized carbons (Fsp3) is 0.263. The van der Waals surface area contributed by atoms with Crippen molar-refractivity contribution in [2.75, 3.05) is 61.2 Å². The third-order valence-electron chi connectivity index (χ3n) is 8.28. The molecule has 2 N–H and O–H groups in total. The van der Waals surface area contributed by atoms with E-state index in [-0.39, 0.29) is 5.91 Å². The van der Waals surface area contributed by atoms with Crippen LogP contribution in [0.25, 0.3) is 22.6 Å². The highest BCUT2D eigenvalue weighted by atomic mass is 16.5. The summed E-state index contributed by atoms with van der Waals surface area (Å²) in [6, 6.07) is 21.9. The predicted octanol–water partition coefficient (Wildman–Crippen LogP) is 6.76. The normalized spacial score (nSPS) is 13.3. The van der Waals surface area contributed by atoms with Gasteiger partial charge in [0.15, 0.2) is 40.3 Å². The maximum Gasteiger partial charge on any atom is 0.255 e. The van der Waals surface area contributed by atoms with Crippen molar-refractivity contribution in [1.29, 1.82) is 0 Å². The first kappa shape index (κ1) is 34.6. The number of anilines is 1. The minimum Gasteiger partial charge on any atom is -0.493 e. The van der Waals surface area contributed by atoms with Gasteiger partial charge >= 0.3 is 0 Å². The van der Waals surface area contributed by atoms with E-state index in [1.165, 1.54) is 0 Å². The van der Waals surface area contributed by atoms with E-state index < -0.39 is 6.17 Å². The predicted molar refractivity (Wildman–Crippen MR) is 189 cm³/mol. The number of ether oxygens (including phenoxy) is 8. The van der Waals surface area contributed by atoms with Gasteiger partial charge in [-0.25, -0.2) is 0 Å². The first-order valence-electron chi connectivity index (χ1n) is 16.0. The van der Waals surface area contributed by atoms with E-state index >= 15 is 0 Å². The number of fused-ring (bicyclic) bond motifs is 1. The molecule has 266 valence electrons. The molecule has 0 fully saturated rings. The number of para-hydroxylation sites is 1. The van der Waals surface area contributed by atoms with E-state index in [1.807, 2.05) is 36.4 Å². The van der Waals surface area contributed by atoms with Gasteiger partial charge in [0.1, 0.15) is 11.9 Å². The third-order valence-corrected chi connectivity index (χ3v) is 8.28. The smallest absolute Gasteiger partial charge is 0.255 e. The zero-order valence-corrected chi connectivity index (χ0v) is 29.2. The summed E-state index contributed by atoms with van der Waals surface area (Å²) in [5.74, 6) is 4.31. The molecule has 13 heteroatoms. The molecule has 1 aromatic heterocycles. The Morgan fingerprint density at radius 2 is 1.25 bits per heavy atom. The molecular weight excluding hydrogens is 658 g/mol. The molecule has 1 atom stereocenters. The van der Waals surface area contributed by atoms with Crippen LogP contribution in [0.1, 0.15) is 28.5 Å². The molecule has 0 aliphatic carbocycles. The standard InChI is InChI=1S/C38H39N3O10/c1-43-30-16-22(37-39-26-11-8-7-10-25(26)38(42)40-37)12-13-28(30)49-14-9-15-50-36-33(46-4)17-23(18-34(36)47-5)27-21-29(51-41-27)24-19-31(44-2)35(48-6)32(20-24)45-3/h7-8,10-13,16-21,37,39H,9,14-15H2,1-6H3,(H,40,42). The summed E-state index contributed by atoms with van der Waals surface area (Å²) >= 11 is 0. The number of amides is 1. The number of hydrogen-bond acceptors (Lipinski definition) is 12. The molecule has 1 aliphatic rings. The Balaban J connectivity index is 1.09. The monoisotopic (exact) mass is 697 g/mol. The van der Waals surface area contributed by atoms with Crippen LogP contribution in [-0.2, 0) is 0 Å². The van der Waals surface area contributed by atoms with Gasteiger partial charge in [-0.1, -0.05) is 23.4 Å². The SMILES string of the molecule is COc1cc(C2NC(=O)c3ccccc3N2)ccc1OCCCOc1c(OC)cc(-c2cc(-c3cc(OC)c(OC)c(OC)c3)on2)cc1OC. The Labute approximate surface area is 295 Å². The molecule has 0 spiro atoms. The molecule has 0 saturated carbocycles. The summed E-state index contributed by atoms with van der Waals surface area (Å²) in [4.78, 5) is 12.6. The molecule has 0 radical (unpaired) electrons. The second-order valence-electron chi connectivity index (χ2n) is 11.3. The molecule has 5 aromatic rings. The lowest BCUT2D eigenvalue weighted by molar-refractivity contribution is 0.0935. The van der Waals surface area contributed by atoms with E-state index in [2.05, 4.69) is 15.8 Å². The average Bonchev–Trinajstić information content (AvgIpc) is 3.67. The van der Waals surface area contributed by atoms with Crippen molar-refractivity contribution < 1.29 is 47.2 Å². The van der Waals surface area contributed by atoms with Crippen molar-refractivity contribution in [2.24, 2.45) is 0 Å². The Morgan fingerprint density at radius 1 is 0.627 bits per heavy atom. The van der Waals surface area contributed by atoms with Crippen LogP contribution in [0, 0.1) is 0 Å². The number of benzene rings is 4. The molecule has 51 heavy (non-hydrogen) atoms. The largest absolute Gasteiger partial charge is 0.493 e. The fourth-order valence-electron chi connectivity index (χ4n) is 5.71. The van der Waals surface area contributed by atoms with Gasteiger partial charge in [0.25, 0.3) is 5.91 Å². The van der Waals surface area contributed by atoms with Crippen molar-refractivity contribution in [3.05, 3.63) is 83.9 Å². The number of carbonyl (C=O) groups is 1. The molecule has 6 rings (SSSR count). The van der Waals surface area contributed by atoms with Gasteiger partial charge in [-0.05, 0) is 54.1 Å². The maximum atomic E-state index is 12.6. The second-order valence-corrected chi connectivity index (χ2v) is 11.3. The van der Waals surface area contributed by atoms with Crippen molar-refractivity contribution in [3.8, 4) is 68.6 Å². The van der Waals surface area contributed by atoms with Crippen LogP contribution in [0.15, 0.2) is 77.3 Å². The van der Waals surface area contributed by atoms with E-state index in [0.717, 1.165) is 11.3 Å². The van der Waals surface area contributed by atoms with E-state index in [0.29, 0.717) is 93.8 Å². The van der Waals surface area contributed by atoms with Gasteiger partial charge in [-0.15, -0.1) is 0 Å². The Kier molecular flexibility index (Phi) is 10.5. The molecule has 0 saturated heterocycles. The van der Waals surface area contributed by atoms with Gasteiger partial charge < -0.3 is 53.1 Å². The number of hydrogen-bond donors (Lipinski definition) is 2. The summed E-state index contributed by atoms with van der Waals surface area (Å²) in [7, 11) is 9.34. The summed E-state index contributed by atoms with van der Waals surface area (Å²) in [6.07, 6.45) is 0.144. The van der Waals surface area contributed by atoms with Crippen LogP contribution in [0.3, 0.4) is 0 Å². The van der Waals surface area contributed by atoms with Crippen LogP contribution < -0.4 is 48.5 Å². The van der Waals surface area contributed by atoms with Gasteiger partial charge in [-0.2, -0.15) is 0 Å². The zero-order valence-electron chi connectivity index (χ0n) is 29.2. The zero-order chi connectivity index (χ0) is 35.9. The Hall–Kier alpha value is -6.24. The maximum absolute atomic E-state index is 12.6. The Bertz CT molecular complexity index is 1960. The molecule has 1 aliphatic heterocycles. The first-order chi connectivity index (χ1) is 24.9. The van der Waals surface area contributed by atoms with Crippen molar-refractivity contribution in [1.82, 2.24) is 10.5 Å². The fourth-order valence-corrected chi connectivity index (χ4v) is 5.71. The van der Waals surface area contributed by atoms with Gasteiger partial charge in [-0.3, -0.25) is 4.79 Å². The van der Waals surface area contributed by atoms with E-state index in [4.69, 9.17) is 42.4 Å². The summed E-state index contributed by atoms with van der Waals surface area (Å²) in [6.45, 7) is 0.673. The average molecular weight is 698 g/mol. The highest BCUT2D eigenvalue weighted by Crippen LogP contribution is 2.44. The number of methoxy groups -OCH3 is 6. The number of carbonyl (C=O) groups excluding carboxylic acids is 1. The van der Waals surface area contributed by atoms with Gasteiger partial charge in [0.2, 0.25) is 11.5 Å². The van der Waals surface area contributed by atoms with Crippen molar-refractivity contribution in [2.45, 2.75) is 12.6 Å². The Morgan fingerprint density at radius 3 is 1.92 bits per heavy atom. The van der Waals surface area contributed by atoms with E-state index in [9.17, 15) is 4.79 Å². The van der Waals surface area contributed by atoms with Gasteiger partial charge in [0.05, 0.1) is 61.4 Å². The second kappa shape index (κ2) is 15.5. The van der Waals surface area contributed by atoms with Crippen LogP contribution in [-0.4, -0.2) is 66.9 Å². The number of aromatic nitrogens is 1. The highest BCUT2D eigenvalue weighted by molar-refractivity contribution is 6.01. The number of nitrogens with one attached hydrogen (secondary N) is 2. The molecule has 13 nitrogen and oxygen atoms in total. The molecule has 1 amide bonds. The summed E-state index contributed by atoms with van der Waals surface area (Å²) < 4.78 is 51.2. The topological polar surface area (TPSA) is 141 Å². The summed E-state index contributed by atoms with van der Waals surface area (Å²) in [5, 5.41) is 10.6.